The van der Waals surface area contributed by atoms with Gasteiger partial charge >= 0.3 is 5.97 Å². The smallest absolute Gasteiger partial charge is 0.303 e. The maximum Gasteiger partial charge on any atom is 0.303 e. The second kappa shape index (κ2) is 11.3. The predicted octanol–water partition coefficient (Wildman–Crippen LogP) is -2.43. The lowest BCUT2D eigenvalue weighted by atomic mass is 10.0. The number of hydrogen-bond acceptors (Lipinski definition) is 7. The Balaban J connectivity index is 3.89. The fourth-order valence-electron chi connectivity index (χ4n) is 1.75. The summed E-state index contributed by atoms with van der Waals surface area (Å²) in [6.07, 6.45) is -4.71. The van der Waals surface area contributed by atoms with Gasteiger partial charge in [-0.3, -0.25) is 9.59 Å². The molecule has 0 aliphatic carbocycles. The predicted molar refractivity (Wildman–Crippen MR) is 74.8 cm³/mol. The molecular weight excluding hydrogens is 298 g/mol. The van der Waals surface area contributed by atoms with Crippen molar-refractivity contribution in [2.45, 2.75) is 56.5 Å². The summed E-state index contributed by atoms with van der Waals surface area (Å²) in [5.41, 5.74) is 0. The highest BCUT2D eigenvalue weighted by Gasteiger charge is 2.33. The van der Waals surface area contributed by atoms with Crippen LogP contribution in [0, 0.1) is 0 Å². The summed E-state index contributed by atoms with van der Waals surface area (Å²) >= 11 is 0. The van der Waals surface area contributed by atoms with E-state index in [1.54, 1.807) is 0 Å². The van der Waals surface area contributed by atoms with Crippen molar-refractivity contribution in [1.82, 2.24) is 5.32 Å². The molecule has 0 rings (SSSR count). The summed E-state index contributed by atoms with van der Waals surface area (Å²) in [5, 5.41) is 56.9. The van der Waals surface area contributed by atoms with Crippen LogP contribution in [-0.4, -0.2) is 80.1 Å². The van der Waals surface area contributed by atoms with E-state index in [2.05, 4.69) is 5.32 Å². The van der Waals surface area contributed by atoms with Crippen molar-refractivity contribution < 1.29 is 40.2 Å². The van der Waals surface area contributed by atoms with Gasteiger partial charge < -0.3 is 36.0 Å². The van der Waals surface area contributed by atoms with E-state index < -0.39 is 42.9 Å². The van der Waals surface area contributed by atoms with Crippen LogP contribution < -0.4 is 5.32 Å². The van der Waals surface area contributed by atoms with Crippen molar-refractivity contribution >= 4 is 11.9 Å². The van der Waals surface area contributed by atoms with Crippen LogP contribution in [0.1, 0.15) is 32.1 Å². The standard InChI is InChI=1S/C13H25NO8/c15-7-8(16)10(19)11(20)12(21)13(22)14-6-4-2-1-3-5-9(17)18/h8,10-12,15-16,19-21H,1-7H2,(H,14,22)(H,17,18)/t8-,10-,11+,12-/m1/s1. The Kier molecular flexibility index (Phi) is 10.7. The Morgan fingerprint density at radius 1 is 0.909 bits per heavy atom. The number of aliphatic hydroxyl groups is 5. The molecule has 9 heteroatoms. The number of nitrogens with one attached hydrogen (secondary N) is 1. The largest absolute Gasteiger partial charge is 0.481 e. The average molecular weight is 323 g/mol. The van der Waals surface area contributed by atoms with Crippen molar-refractivity contribution in [2.24, 2.45) is 0 Å². The first kappa shape index (κ1) is 20.7. The number of aliphatic carboxylic acids is 1. The molecule has 0 aliphatic rings. The summed E-state index contributed by atoms with van der Waals surface area (Å²) in [7, 11) is 0. The van der Waals surface area contributed by atoms with Crippen molar-refractivity contribution in [3.8, 4) is 0 Å². The van der Waals surface area contributed by atoms with Crippen molar-refractivity contribution in [3.05, 3.63) is 0 Å². The molecule has 0 radical (unpaired) electrons. The van der Waals surface area contributed by atoms with Crippen LogP contribution >= 0.6 is 0 Å². The van der Waals surface area contributed by atoms with Crippen LogP contribution in [0.4, 0.5) is 0 Å². The summed E-state index contributed by atoms with van der Waals surface area (Å²) in [4.78, 5) is 21.8. The lowest BCUT2D eigenvalue weighted by Gasteiger charge is -2.24. The van der Waals surface area contributed by atoms with Gasteiger partial charge in [-0.25, -0.2) is 0 Å². The van der Waals surface area contributed by atoms with Gasteiger partial charge in [-0.2, -0.15) is 0 Å². The number of carboxylic acid groups (broad SMARTS) is 1. The molecule has 0 fully saturated rings. The number of carbonyl (C=O) groups excluding carboxylic acids is 1. The number of carboxylic acids is 1. The number of rotatable bonds is 12. The van der Waals surface area contributed by atoms with E-state index in [1.165, 1.54) is 0 Å². The lowest BCUT2D eigenvalue weighted by Crippen LogP contribution is -2.51. The van der Waals surface area contributed by atoms with Gasteiger partial charge in [-0.15, -0.1) is 0 Å². The molecule has 22 heavy (non-hydrogen) atoms. The quantitative estimate of drug-likeness (QED) is 0.195. The number of hydrogen-bond donors (Lipinski definition) is 7. The Labute approximate surface area is 128 Å². The third-order valence-corrected chi connectivity index (χ3v) is 3.14. The monoisotopic (exact) mass is 323 g/mol. The van der Waals surface area contributed by atoms with Gasteiger partial charge in [-0.1, -0.05) is 12.8 Å². The Morgan fingerprint density at radius 3 is 2.05 bits per heavy atom. The van der Waals surface area contributed by atoms with Crippen LogP contribution in [0.15, 0.2) is 0 Å². The average Bonchev–Trinajstić information content (AvgIpc) is 2.50. The highest BCUT2D eigenvalue weighted by atomic mass is 16.4. The molecule has 0 bridgehead atoms. The third-order valence-electron chi connectivity index (χ3n) is 3.14. The molecule has 0 aromatic carbocycles. The van der Waals surface area contributed by atoms with Gasteiger partial charge in [0, 0.05) is 13.0 Å². The van der Waals surface area contributed by atoms with Crippen LogP contribution in [0.5, 0.6) is 0 Å². The molecule has 0 heterocycles. The molecular formula is C13H25NO8. The molecule has 1 amide bonds. The maximum atomic E-state index is 11.5. The van der Waals surface area contributed by atoms with E-state index in [1.807, 2.05) is 0 Å². The van der Waals surface area contributed by atoms with Gasteiger partial charge in [0.05, 0.1) is 6.61 Å². The summed E-state index contributed by atoms with van der Waals surface area (Å²) in [6.45, 7) is -0.586. The van der Waals surface area contributed by atoms with Gasteiger partial charge in [0.15, 0.2) is 6.10 Å². The van der Waals surface area contributed by atoms with Crippen LogP contribution in [-0.2, 0) is 9.59 Å². The molecule has 0 saturated carbocycles. The van der Waals surface area contributed by atoms with Crippen LogP contribution in [0.25, 0.3) is 0 Å². The minimum absolute atomic E-state index is 0.0995. The minimum Gasteiger partial charge on any atom is -0.481 e. The zero-order valence-corrected chi connectivity index (χ0v) is 12.3. The highest BCUT2D eigenvalue weighted by molar-refractivity contribution is 5.81. The van der Waals surface area contributed by atoms with E-state index in [-0.39, 0.29) is 13.0 Å². The first-order valence-corrected chi connectivity index (χ1v) is 7.13. The maximum absolute atomic E-state index is 11.5. The van der Waals surface area contributed by atoms with E-state index >= 15 is 0 Å². The second-order valence-electron chi connectivity index (χ2n) is 5.02. The molecule has 0 spiro atoms. The van der Waals surface area contributed by atoms with Crippen molar-refractivity contribution in [3.63, 3.8) is 0 Å². The Bertz CT molecular complexity index is 338. The molecule has 4 atom stereocenters. The Morgan fingerprint density at radius 2 is 1.50 bits per heavy atom. The van der Waals surface area contributed by atoms with Gasteiger partial charge in [0.25, 0.3) is 5.91 Å². The van der Waals surface area contributed by atoms with Crippen LogP contribution in [0.3, 0.4) is 0 Å². The lowest BCUT2D eigenvalue weighted by molar-refractivity contribution is -0.148. The Hall–Kier alpha value is -1.26. The minimum atomic E-state index is -1.93. The molecule has 0 aliphatic heterocycles. The summed E-state index contributed by atoms with van der Waals surface area (Å²) in [6, 6.07) is 0. The van der Waals surface area contributed by atoms with E-state index in [0.717, 1.165) is 0 Å². The van der Waals surface area contributed by atoms with Crippen molar-refractivity contribution in [1.29, 1.82) is 0 Å². The summed E-state index contributed by atoms with van der Waals surface area (Å²) in [5.74, 6) is -1.75. The number of carbonyl (C=O) groups is 2. The molecule has 0 saturated heterocycles. The number of unbranched alkanes of at least 4 members (excludes halogenated alkanes) is 3. The van der Waals surface area contributed by atoms with Gasteiger partial charge in [-0.05, 0) is 12.8 Å². The molecule has 0 unspecified atom stereocenters. The number of amides is 1. The fraction of sp³-hybridized carbons (Fsp3) is 0.846. The zero-order chi connectivity index (χ0) is 17.1. The molecule has 9 nitrogen and oxygen atoms in total. The third kappa shape index (κ3) is 8.25. The first-order valence-electron chi connectivity index (χ1n) is 7.13. The normalized spacial score (nSPS) is 16.6. The van der Waals surface area contributed by atoms with E-state index in [0.29, 0.717) is 25.7 Å². The van der Waals surface area contributed by atoms with E-state index in [4.69, 9.17) is 15.3 Å². The number of aliphatic hydroxyl groups excluding tert-OH is 5. The molecule has 0 aromatic heterocycles. The second-order valence-corrected chi connectivity index (χ2v) is 5.02. The topological polar surface area (TPSA) is 168 Å². The molecule has 0 aromatic rings. The highest BCUT2D eigenvalue weighted by Crippen LogP contribution is 2.06. The summed E-state index contributed by atoms with van der Waals surface area (Å²) < 4.78 is 0. The van der Waals surface area contributed by atoms with Crippen molar-refractivity contribution in [2.75, 3.05) is 13.2 Å². The van der Waals surface area contributed by atoms with Crippen LogP contribution in [0.2, 0.25) is 0 Å². The zero-order valence-electron chi connectivity index (χ0n) is 12.3. The fourth-order valence-corrected chi connectivity index (χ4v) is 1.75. The van der Waals surface area contributed by atoms with Gasteiger partial charge in [0.2, 0.25) is 0 Å². The first-order chi connectivity index (χ1) is 10.3. The van der Waals surface area contributed by atoms with E-state index in [9.17, 15) is 24.9 Å². The molecule has 7 N–H and O–H groups in total. The van der Waals surface area contributed by atoms with Gasteiger partial charge in [0.1, 0.15) is 18.3 Å². The molecule has 130 valence electrons. The SMILES string of the molecule is O=C(O)CCCCCCNC(=O)[C@H](O)[C@@H](O)[C@H](O)[C@H](O)CO.